The van der Waals surface area contributed by atoms with Crippen molar-refractivity contribution in [2.45, 2.75) is 36.9 Å². The van der Waals surface area contributed by atoms with Gasteiger partial charge >= 0.3 is 0 Å². The molecule has 1 unspecified atom stereocenters. The van der Waals surface area contributed by atoms with E-state index in [1.807, 2.05) is 24.3 Å². The largest absolute Gasteiger partial charge is 0.496 e. The highest BCUT2D eigenvalue weighted by Crippen LogP contribution is 2.35. The minimum Gasteiger partial charge on any atom is -0.496 e. The lowest BCUT2D eigenvalue weighted by atomic mass is 9.90. The number of hydrogen-bond acceptors (Lipinski definition) is 6. The molecule has 0 amide bonds. The second-order valence-electron chi connectivity index (χ2n) is 7.68. The highest BCUT2D eigenvalue weighted by molar-refractivity contribution is 5.68. The maximum Gasteiger partial charge on any atom is 0.122 e. The number of ether oxygens (including phenoxy) is 2. The number of methoxy groups -OCH3 is 1. The van der Waals surface area contributed by atoms with Crippen molar-refractivity contribution < 1.29 is 29.9 Å². The maximum absolute atomic E-state index is 10.5. The lowest BCUT2D eigenvalue weighted by Gasteiger charge is -2.40. The molecule has 0 spiro atoms. The molecule has 0 bridgehead atoms. The van der Waals surface area contributed by atoms with Gasteiger partial charge in [0.15, 0.2) is 0 Å². The highest BCUT2D eigenvalue weighted by atomic mass is 16.5. The number of fused-ring (bicyclic) bond motifs is 1. The van der Waals surface area contributed by atoms with E-state index in [-0.39, 0.29) is 0 Å². The molecule has 158 valence electrons. The van der Waals surface area contributed by atoms with Crippen LogP contribution in [0.25, 0.3) is 11.1 Å². The van der Waals surface area contributed by atoms with Gasteiger partial charge in [-0.1, -0.05) is 48.5 Å². The summed E-state index contributed by atoms with van der Waals surface area (Å²) in [5.74, 6) is 0.708. The summed E-state index contributed by atoms with van der Waals surface area (Å²) >= 11 is 0. The van der Waals surface area contributed by atoms with E-state index in [1.165, 1.54) is 0 Å². The molecule has 6 heteroatoms. The number of hydrogen-bond donors (Lipinski definition) is 4. The summed E-state index contributed by atoms with van der Waals surface area (Å²) in [5, 5.41) is 40.0. The topological polar surface area (TPSA) is 99.4 Å². The van der Waals surface area contributed by atoms with Crippen LogP contribution in [0.1, 0.15) is 22.8 Å². The van der Waals surface area contributed by atoms with Gasteiger partial charge in [0, 0.05) is 6.42 Å². The zero-order chi connectivity index (χ0) is 21.3. The van der Waals surface area contributed by atoms with Crippen LogP contribution in [0, 0.1) is 0 Å². The lowest BCUT2D eigenvalue weighted by molar-refractivity contribution is -0.231. The molecule has 0 saturated carbocycles. The summed E-state index contributed by atoms with van der Waals surface area (Å²) in [6.45, 7) is -0.456. The van der Waals surface area contributed by atoms with E-state index in [2.05, 4.69) is 24.3 Å². The van der Waals surface area contributed by atoms with E-state index in [1.54, 1.807) is 19.2 Å². The molecule has 1 aromatic carbocycles. The van der Waals surface area contributed by atoms with Crippen molar-refractivity contribution in [3.8, 4) is 16.9 Å². The number of benzene rings is 1. The predicted molar refractivity (Wildman–Crippen MR) is 112 cm³/mol. The zero-order valence-electron chi connectivity index (χ0n) is 16.7. The number of aliphatic hydroxyl groups excluding tert-OH is 4. The van der Waals surface area contributed by atoms with Gasteiger partial charge in [-0.05, 0) is 39.9 Å². The second kappa shape index (κ2) is 8.71. The van der Waals surface area contributed by atoms with Crippen molar-refractivity contribution in [2.75, 3.05) is 13.7 Å². The average Bonchev–Trinajstić information content (AvgIpc) is 3.00. The molecule has 5 atom stereocenters. The van der Waals surface area contributed by atoms with Crippen LogP contribution < -0.4 is 4.74 Å². The van der Waals surface area contributed by atoms with Crippen LogP contribution in [0.5, 0.6) is 5.75 Å². The van der Waals surface area contributed by atoms with Gasteiger partial charge in [0.05, 0.1) is 13.7 Å². The lowest BCUT2D eigenvalue weighted by Crippen LogP contribution is -2.55. The van der Waals surface area contributed by atoms with Crippen molar-refractivity contribution in [2.24, 2.45) is 0 Å². The molecule has 3 aliphatic rings. The minimum atomic E-state index is -1.41. The number of rotatable bonds is 5. The van der Waals surface area contributed by atoms with Crippen molar-refractivity contribution in [3.63, 3.8) is 0 Å². The summed E-state index contributed by atoms with van der Waals surface area (Å²) in [7, 11) is 1.61. The molecule has 1 aliphatic heterocycles. The quantitative estimate of drug-likeness (QED) is 0.513. The number of aliphatic hydroxyl groups is 4. The van der Waals surface area contributed by atoms with Crippen LogP contribution in [0.15, 0.2) is 60.7 Å². The summed E-state index contributed by atoms with van der Waals surface area (Å²) < 4.78 is 11.2. The Balaban J connectivity index is 1.66. The van der Waals surface area contributed by atoms with E-state index in [0.717, 1.165) is 22.3 Å². The van der Waals surface area contributed by atoms with Gasteiger partial charge in [-0.15, -0.1) is 0 Å². The predicted octanol–water partition coefficient (Wildman–Crippen LogP) is 1.91. The van der Waals surface area contributed by atoms with Gasteiger partial charge in [0.25, 0.3) is 0 Å². The first kappa shape index (κ1) is 20.8. The van der Waals surface area contributed by atoms with Crippen molar-refractivity contribution in [3.05, 3.63) is 77.4 Å². The van der Waals surface area contributed by atoms with Crippen LogP contribution >= 0.6 is 0 Å². The fourth-order valence-corrected chi connectivity index (χ4v) is 4.09. The van der Waals surface area contributed by atoms with Gasteiger partial charge in [0.1, 0.15) is 36.3 Å². The molecule has 6 nitrogen and oxygen atoms in total. The second-order valence-corrected chi connectivity index (χ2v) is 7.68. The summed E-state index contributed by atoms with van der Waals surface area (Å²) in [5.41, 5.74) is 4.98. The van der Waals surface area contributed by atoms with Crippen LogP contribution in [-0.2, 0) is 11.2 Å². The SMILES string of the molecule is COc1ccc(C2O[C@H](CO)[C@@H](O)[C@H](O)[C@H]2O)cc1Cc1cc2cccccc-2c1. The molecular formula is C24H26O6. The summed E-state index contributed by atoms with van der Waals surface area (Å²) in [6, 6.07) is 19.9. The first-order valence-corrected chi connectivity index (χ1v) is 9.97. The summed E-state index contributed by atoms with van der Waals surface area (Å²) in [6.07, 6.45) is -5.30. The normalized spacial score (nSPS) is 26.6. The Hall–Kier alpha value is -2.48. The molecule has 1 heterocycles. The molecule has 30 heavy (non-hydrogen) atoms. The first-order valence-electron chi connectivity index (χ1n) is 9.97. The maximum atomic E-state index is 10.5. The van der Waals surface area contributed by atoms with Gasteiger partial charge in [-0.2, -0.15) is 0 Å². The Morgan fingerprint density at radius 1 is 0.867 bits per heavy atom. The van der Waals surface area contributed by atoms with E-state index in [4.69, 9.17) is 9.47 Å². The van der Waals surface area contributed by atoms with E-state index in [0.29, 0.717) is 17.7 Å². The molecule has 0 aromatic heterocycles. The molecule has 1 aromatic rings. The monoisotopic (exact) mass is 410 g/mol. The molecule has 1 fully saturated rings. The standard InChI is InChI=1S/C24H26O6/c1-29-19-8-7-17(24-23(28)22(27)21(26)20(13-25)30-24)12-18(19)11-14-9-15-5-3-2-4-6-16(15)10-14/h2-10,12,20-28H,11,13H2,1H3/t20-,21-,22+,23-,24?/m1/s1. The molecule has 0 radical (unpaired) electrons. The van der Waals surface area contributed by atoms with Crippen LogP contribution in [0.4, 0.5) is 0 Å². The van der Waals surface area contributed by atoms with Gasteiger partial charge in [-0.3, -0.25) is 0 Å². The van der Waals surface area contributed by atoms with Gasteiger partial charge in [0.2, 0.25) is 0 Å². The van der Waals surface area contributed by atoms with Crippen LogP contribution in [0.2, 0.25) is 0 Å². The third-order valence-corrected chi connectivity index (χ3v) is 5.71. The zero-order valence-corrected chi connectivity index (χ0v) is 16.7. The summed E-state index contributed by atoms with van der Waals surface area (Å²) in [4.78, 5) is 0. The Labute approximate surface area is 175 Å². The molecule has 1 saturated heterocycles. The van der Waals surface area contributed by atoms with E-state index < -0.39 is 37.1 Å². The van der Waals surface area contributed by atoms with Gasteiger partial charge in [-0.25, -0.2) is 0 Å². The highest BCUT2D eigenvalue weighted by Gasteiger charge is 2.44. The van der Waals surface area contributed by atoms with E-state index in [9.17, 15) is 20.4 Å². The molecular weight excluding hydrogens is 384 g/mol. The molecule has 4 N–H and O–H groups in total. The Bertz CT molecular complexity index is 941. The molecule has 2 aliphatic carbocycles. The average molecular weight is 410 g/mol. The van der Waals surface area contributed by atoms with Crippen molar-refractivity contribution >= 4 is 0 Å². The Kier molecular flexibility index (Phi) is 6.04. The Morgan fingerprint density at radius 3 is 2.20 bits per heavy atom. The Morgan fingerprint density at radius 2 is 1.57 bits per heavy atom. The fourth-order valence-electron chi connectivity index (χ4n) is 4.09. The van der Waals surface area contributed by atoms with E-state index >= 15 is 0 Å². The minimum absolute atomic E-state index is 0.456. The van der Waals surface area contributed by atoms with Gasteiger partial charge < -0.3 is 29.9 Å². The third-order valence-electron chi connectivity index (χ3n) is 5.71. The smallest absolute Gasteiger partial charge is 0.122 e. The van der Waals surface area contributed by atoms with Crippen molar-refractivity contribution in [1.82, 2.24) is 0 Å². The molecule has 4 rings (SSSR count). The van der Waals surface area contributed by atoms with Crippen LogP contribution in [0.3, 0.4) is 0 Å². The van der Waals surface area contributed by atoms with Crippen molar-refractivity contribution in [1.29, 1.82) is 0 Å². The fraction of sp³-hybridized carbons (Fsp3) is 0.333. The van der Waals surface area contributed by atoms with Crippen LogP contribution in [-0.4, -0.2) is 58.6 Å². The first-order chi connectivity index (χ1) is 14.5. The third kappa shape index (κ3) is 3.93.